The zero-order valence-corrected chi connectivity index (χ0v) is 11.2. The fraction of sp³-hybridized carbons (Fsp3) is 0.231. The van der Waals surface area contributed by atoms with Gasteiger partial charge < -0.3 is 15.6 Å². The van der Waals surface area contributed by atoms with Crippen LogP contribution in [-0.2, 0) is 6.42 Å². The van der Waals surface area contributed by atoms with E-state index in [4.69, 9.17) is 27.2 Å². The smallest absolute Gasteiger partial charge is 0.247 e. The number of anilines is 1. The third kappa shape index (κ3) is 3.13. The molecule has 0 atom stereocenters. The summed E-state index contributed by atoms with van der Waals surface area (Å²) in [4.78, 5) is 7.92. The molecule has 3 N–H and O–H groups in total. The first-order valence-electron chi connectivity index (χ1n) is 5.78. The second kappa shape index (κ2) is 5.86. The summed E-state index contributed by atoms with van der Waals surface area (Å²) in [7, 11) is 0. The maximum Gasteiger partial charge on any atom is 0.247 e. The average Bonchev–Trinajstić information content (AvgIpc) is 2.38. The number of nitrogens with zero attached hydrogens (tertiary/aromatic N) is 2. The van der Waals surface area contributed by atoms with Crippen molar-refractivity contribution < 1.29 is 9.84 Å². The molecule has 0 aliphatic rings. The molecular formula is C13H14ClN3O2. The number of halogens is 1. The molecule has 100 valence electrons. The van der Waals surface area contributed by atoms with Gasteiger partial charge in [0.1, 0.15) is 11.4 Å². The number of nitrogens with two attached hydrogens (primary N) is 1. The minimum atomic E-state index is 0.0411. The van der Waals surface area contributed by atoms with E-state index >= 15 is 0 Å². The van der Waals surface area contributed by atoms with Crippen molar-refractivity contribution in [2.24, 2.45) is 0 Å². The number of aromatic nitrogens is 2. The van der Waals surface area contributed by atoms with Crippen molar-refractivity contribution in [1.29, 1.82) is 0 Å². The van der Waals surface area contributed by atoms with Crippen LogP contribution in [0.3, 0.4) is 0 Å². The fourth-order valence-corrected chi connectivity index (χ4v) is 1.84. The number of aliphatic hydroxyl groups is 1. The summed E-state index contributed by atoms with van der Waals surface area (Å²) >= 11 is 5.79. The van der Waals surface area contributed by atoms with E-state index in [1.165, 1.54) is 0 Å². The number of rotatable bonds is 4. The van der Waals surface area contributed by atoms with Crippen molar-refractivity contribution in [3.8, 4) is 11.6 Å². The molecule has 6 heteroatoms. The molecule has 0 amide bonds. The maximum atomic E-state index is 9.03. The molecule has 0 bridgehead atoms. The van der Waals surface area contributed by atoms with E-state index in [0.717, 1.165) is 5.56 Å². The Balaban J connectivity index is 2.36. The fourth-order valence-electron chi connectivity index (χ4n) is 1.63. The standard InChI is InChI=1S/C13H14ClN3O2/c1-8-11(15)12(17-13(14)16-8)19-10-5-3-2-4-9(10)6-7-18/h2-5,18H,6-7,15H2,1H3. The Morgan fingerprint density at radius 2 is 2.05 bits per heavy atom. The summed E-state index contributed by atoms with van der Waals surface area (Å²) in [6.45, 7) is 1.77. The van der Waals surface area contributed by atoms with Crippen LogP contribution in [0.1, 0.15) is 11.3 Å². The number of hydrogen-bond acceptors (Lipinski definition) is 5. The van der Waals surface area contributed by atoms with E-state index in [2.05, 4.69) is 9.97 Å². The van der Waals surface area contributed by atoms with Crippen LogP contribution >= 0.6 is 11.6 Å². The minimum Gasteiger partial charge on any atom is -0.437 e. The van der Waals surface area contributed by atoms with Crippen LogP contribution in [0.25, 0.3) is 0 Å². The molecule has 0 fully saturated rings. The number of aliphatic hydroxyl groups excluding tert-OH is 1. The first-order chi connectivity index (χ1) is 9.11. The molecule has 0 unspecified atom stereocenters. The van der Waals surface area contributed by atoms with Gasteiger partial charge in [0.15, 0.2) is 0 Å². The summed E-state index contributed by atoms with van der Waals surface area (Å²) in [6, 6.07) is 7.37. The van der Waals surface area contributed by atoms with Crippen molar-refractivity contribution in [3.63, 3.8) is 0 Å². The quantitative estimate of drug-likeness (QED) is 0.840. The van der Waals surface area contributed by atoms with Crippen molar-refractivity contribution >= 4 is 17.3 Å². The monoisotopic (exact) mass is 279 g/mol. The van der Waals surface area contributed by atoms with Crippen molar-refractivity contribution in [2.45, 2.75) is 13.3 Å². The first kappa shape index (κ1) is 13.6. The molecule has 0 aliphatic carbocycles. The summed E-state index contributed by atoms with van der Waals surface area (Å²) in [5, 5.41) is 9.11. The molecule has 1 heterocycles. The largest absolute Gasteiger partial charge is 0.437 e. The van der Waals surface area contributed by atoms with E-state index in [-0.39, 0.29) is 17.8 Å². The Labute approximate surface area is 116 Å². The molecule has 2 rings (SSSR count). The predicted octanol–water partition coefficient (Wildman–Crippen LogP) is 2.35. The molecule has 0 aliphatic heterocycles. The molecule has 0 spiro atoms. The number of para-hydroxylation sites is 1. The van der Waals surface area contributed by atoms with E-state index in [9.17, 15) is 0 Å². The Kier molecular flexibility index (Phi) is 4.19. The molecule has 0 radical (unpaired) electrons. The lowest BCUT2D eigenvalue weighted by atomic mass is 10.1. The number of aryl methyl sites for hydroxylation is 1. The summed E-state index contributed by atoms with van der Waals surface area (Å²) < 4.78 is 5.68. The Bertz CT molecular complexity index is 590. The topological polar surface area (TPSA) is 81.3 Å². The highest BCUT2D eigenvalue weighted by Crippen LogP contribution is 2.30. The lowest BCUT2D eigenvalue weighted by molar-refractivity contribution is 0.297. The third-order valence-electron chi connectivity index (χ3n) is 2.63. The zero-order valence-electron chi connectivity index (χ0n) is 10.4. The Hall–Kier alpha value is -1.85. The van der Waals surface area contributed by atoms with Crippen LogP contribution in [0.15, 0.2) is 24.3 Å². The Morgan fingerprint density at radius 1 is 1.32 bits per heavy atom. The van der Waals surface area contributed by atoms with Gasteiger partial charge in [-0.3, -0.25) is 0 Å². The molecule has 0 saturated carbocycles. The molecule has 1 aromatic carbocycles. The van der Waals surface area contributed by atoms with E-state index in [0.29, 0.717) is 23.6 Å². The normalized spacial score (nSPS) is 10.5. The van der Waals surface area contributed by atoms with Crippen molar-refractivity contribution in [3.05, 3.63) is 40.8 Å². The lowest BCUT2D eigenvalue weighted by Crippen LogP contribution is -2.02. The van der Waals surface area contributed by atoms with Gasteiger partial charge in [0, 0.05) is 6.61 Å². The first-order valence-corrected chi connectivity index (χ1v) is 6.16. The van der Waals surface area contributed by atoms with Gasteiger partial charge in [0.05, 0.1) is 5.69 Å². The third-order valence-corrected chi connectivity index (χ3v) is 2.80. The average molecular weight is 280 g/mol. The zero-order chi connectivity index (χ0) is 13.8. The molecule has 2 aromatic rings. The van der Waals surface area contributed by atoms with E-state index in [1.54, 1.807) is 13.0 Å². The van der Waals surface area contributed by atoms with Gasteiger partial charge in [0.25, 0.3) is 0 Å². The van der Waals surface area contributed by atoms with Gasteiger partial charge in [0.2, 0.25) is 11.2 Å². The SMILES string of the molecule is Cc1nc(Cl)nc(Oc2ccccc2CCO)c1N. The van der Waals surface area contributed by atoms with Crippen LogP contribution in [0.5, 0.6) is 11.6 Å². The number of benzene rings is 1. The summed E-state index contributed by atoms with van der Waals surface area (Å²) in [6.07, 6.45) is 0.494. The van der Waals surface area contributed by atoms with Gasteiger partial charge in [-0.05, 0) is 36.6 Å². The van der Waals surface area contributed by atoms with Crippen molar-refractivity contribution in [1.82, 2.24) is 9.97 Å². The molecule has 1 aromatic heterocycles. The molecule has 5 nitrogen and oxygen atoms in total. The second-order valence-electron chi connectivity index (χ2n) is 3.98. The molecule has 19 heavy (non-hydrogen) atoms. The van der Waals surface area contributed by atoms with Crippen molar-refractivity contribution in [2.75, 3.05) is 12.3 Å². The summed E-state index contributed by atoms with van der Waals surface area (Å²) in [5.74, 6) is 0.820. The number of hydrogen-bond donors (Lipinski definition) is 2. The van der Waals surface area contributed by atoms with Gasteiger partial charge in [-0.15, -0.1) is 0 Å². The highest BCUT2D eigenvalue weighted by atomic mass is 35.5. The van der Waals surface area contributed by atoms with Gasteiger partial charge in [-0.25, -0.2) is 4.98 Å². The van der Waals surface area contributed by atoms with Crippen LogP contribution in [0.4, 0.5) is 5.69 Å². The minimum absolute atomic E-state index is 0.0411. The molecule has 0 saturated heterocycles. The highest BCUT2D eigenvalue weighted by Gasteiger charge is 2.12. The van der Waals surface area contributed by atoms with Crippen LogP contribution < -0.4 is 10.5 Å². The van der Waals surface area contributed by atoms with Crippen LogP contribution in [-0.4, -0.2) is 21.7 Å². The van der Waals surface area contributed by atoms with E-state index in [1.807, 2.05) is 18.2 Å². The predicted molar refractivity (Wildman–Crippen MR) is 73.5 cm³/mol. The summed E-state index contributed by atoms with van der Waals surface area (Å²) in [5.41, 5.74) is 7.65. The highest BCUT2D eigenvalue weighted by molar-refractivity contribution is 6.28. The number of ether oxygens (including phenoxy) is 1. The van der Waals surface area contributed by atoms with Gasteiger partial charge in [-0.2, -0.15) is 4.98 Å². The maximum absolute atomic E-state index is 9.03. The lowest BCUT2D eigenvalue weighted by Gasteiger charge is -2.12. The molecular weight excluding hydrogens is 266 g/mol. The van der Waals surface area contributed by atoms with Gasteiger partial charge in [-0.1, -0.05) is 18.2 Å². The van der Waals surface area contributed by atoms with Crippen LogP contribution in [0.2, 0.25) is 5.28 Å². The second-order valence-corrected chi connectivity index (χ2v) is 4.32. The van der Waals surface area contributed by atoms with Crippen LogP contribution in [0, 0.1) is 6.92 Å². The Morgan fingerprint density at radius 3 is 2.79 bits per heavy atom. The van der Waals surface area contributed by atoms with E-state index < -0.39 is 0 Å². The number of nitrogen functional groups attached to an aromatic ring is 1. The van der Waals surface area contributed by atoms with Gasteiger partial charge >= 0.3 is 0 Å².